The number of aryl methyl sites for hydroxylation is 2. The zero-order valence-corrected chi connectivity index (χ0v) is 14.5. The van der Waals surface area contributed by atoms with E-state index in [1.807, 2.05) is 30.9 Å². The summed E-state index contributed by atoms with van der Waals surface area (Å²) in [6, 6.07) is 10.3. The maximum atomic E-state index is 12.6. The smallest absolute Gasteiger partial charge is 0.253 e. The van der Waals surface area contributed by atoms with Gasteiger partial charge in [-0.1, -0.05) is 17.2 Å². The van der Waals surface area contributed by atoms with Gasteiger partial charge in [0.05, 0.1) is 18.1 Å². The van der Waals surface area contributed by atoms with Crippen LogP contribution in [0.3, 0.4) is 0 Å². The second-order valence-corrected chi connectivity index (χ2v) is 6.49. The molecule has 0 N–H and O–H groups in total. The quantitative estimate of drug-likeness (QED) is 0.834. The summed E-state index contributed by atoms with van der Waals surface area (Å²) >= 11 is 0. The van der Waals surface area contributed by atoms with E-state index >= 15 is 0 Å². The molecular weight excluding hydrogens is 300 g/mol. The molecule has 0 unspecified atom stereocenters. The molecule has 24 heavy (non-hydrogen) atoms. The van der Waals surface area contributed by atoms with Crippen molar-refractivity contribution in [2.45, 2.75) is 26.7 Å². The van der Waals surface area contributed by atoms with Crippen LogP contribution < -0.4 is 0 Å². The van der Waals surface area contributed by atoms with Crippen LogP contribution in [0.1, 0.15) is 34.3 Å². The summed E-state index contributed by atoms with van der Waals surface area (Å²) in [5.41, 5.74) is 2.96. The van der Waals surface area contributed by atoms with E-state index in [1.54, 1.807) is 0 Å². The lowest BCUT2D eigenvalue weighted by Crippen LogP contribution is -2.49. The van der Waals surface area contributed by atoms with Crippen LogP contribution in [0.15, 0.2) is 18.2 Å². The zero-order chi connectivity index (χ0) is 17.5. The lowest BCUT2D eigenvalue weighted by molar-refractivity contribution is 0.0625. The molecule has 0 aliphatic carbocycles. The van der Waals surface area contributed by atoms with Crippen LogP contribution >= 0.6 is 0 Å². The van der Waals surface area contributed by atoms with Gasteiger partial charge in [-0.25, -0.2) is 0 Å². The van der Waals surface area contributed by atoms with Gasteiger partial charge in [-0.2, -0.15) is 10.5 Å². The van der Waals surface area contributed by atoms with Crippen molar-refractivity contribution in [3.63, 3.8) is 0 Å². The summed E-state index contributed by atoms with van der Waals surface area (Å²) in [6.45, 7) is 7.62. The third-order valence-corrected chi connectivity index (χ3v) is 4.39. The van der Waals surface area contributed by atoms with E-state index < -0.39 is 0 Å². The number of piperazine rings is 1. The van der Waals surface area contributed by atoms with Gasteiger partial charge in [0.2, 0.25) is 0 Å². The molecule has 5 nitrogen and oxygen atoms in total. The molecular formula is C19H24N4O. The van der Waals surface area contributed by atoms with Crippen molar-refractivity contribution in [2.24, 2.45) is 5.92 Å². The predicted octanol–water partition coefficient (Wildman–Crippen LogP) is 2.50. The summed E-state index contributed by atoms with van der Waals surface area (Å²) in [5.74, 6) is -0.0194. The molecule has 2 rings (SSSR count). The number of nitriles is 2. The molecule has 1 heterocycles. The Hall–Kier alpha value is -2.37. The van der Waals surface area contributed by atoms with Crippen LogP contribution in [-0.2, 0) is 0 Å². The average Bonchev–Trinajstić information content (AvgIpc) is 2.57. The minimum absolute atomic E-state index is 0.0859. The molecule has 0 radical (unpaired) electrons. The number of carbonyl (C=O) groups is 1. The first-order chi connectivity index (χ1) is 11.5. The Morgan fingerprint density at radius 3 is 2.29 bits per heavy atom. The third-order valence-electron chi connectivity index (χ3n) is 4.39. The molecule has 5 heteroatoms. The molecule has 1 aliphatic heterocycles. The van der Waals surface area contributed by atoms with E-state index in [0.29, 0.717) is 32.5 Å². The standard InChI is InChI=1S/C19H24N4O/c1-15-10-16(2)12-18(11-15)19(24)23-8-6-22(7-9-23)14-17(13-21)4-3-5-20/h10-12,17H,3-4,6-9,14H2,1-2H3/t17-/m0/s1. The molecule has 126 valence electrons. The number of hydrogen-bond donors (Lipinski definition) is 0. The number of hydrogen-bond acceptors (Lipinski definition) is 4. The van der Waals surface area contributed by atoms with Gasteiger partial charge in [0.1, 0.15) is 0 Å². The van der Waals surface area contributed by atoms with Gasteiger partial charge < -0.3 is 4.90 Å². The molecule has 1 atom stereocenters. The number of amides is 1. The molecule has 1 aromatic carbocycles. The van der Waals surface area contributed by atoms with Gasteiger partial charge in [-0.05, 0) is 32.4 Å². The molecule has 0 saturated carbocycles. The van der Waals surface area contributed by atoms with Gasteiger partial charge in [0, 0.05) is 44.7 Å². The van der Waals surface area contributed by atoms with Crippen LogP contribution in [0.5, 0.6) is 0 Å². The minimum Gasteiger partial charge on any atom is -0.336 e. The highest BCUT2D eigenvalue weighted by Crippen LogP contribution is 2.15. The number of rotatable bonds is 5. The molecule has 1 amide bonds. The van der Waals surface area contributed by atoms with E-state index in [1.165, 1.54) is 0 Å². The van der Waals surface area contributed by atoms with E-state index in [0.717, 1.165) is 29.8 Å². The highest BCUT2D eigenvalue weighted by Gasteiger charge is 2.24. The maximum absolute atomic E-state index is 12.6. The number of nitrogens with zero attached hydrogens (tertiary/aromatic N) is 4. The Labute approximate surface area is 144 Å². The van der Waals surface area contributed by atoms with Crippen molar-refractivity contribution in [3.05, 3.63) is 34.9 Å². The topological polar surface area (TPSA) is 71.1 Å². The monoisotopic (exact) mass is 324 g/mol. The van der Waals surface area contributed by atoms with E-state index in [-0.39, 0.29) is 11.8 Å². The van der Waals surface area contributed by atoms with Gasteiger partial charge in [0.15, 0.2) is 0 Å². The first-order valence-corrected chi connectivity index (χ1v) is 8.40. The highest BCUT2D eigenvalue weighted by atomic mass is 16.2. The van der Waals surface area contributed by atoms with Crippen LogP contribution in [0, 0.1) is 42.4 Å². The number of benzene rings is 1. The van der Waals surface area contributed by atoms with Crippen molar-refractivity contribution in [3.8, 4) is 12.1 Å². The second-order valence-electron chi connectivity index (χ2n) is 6.49. The van der Waals surface area contributed by atoms with Crippen molar-refractivity contribution in [2.75, 3.05) is 32.7 Å². The Morgan fingerprint density at radius 2 is 1.75 bits per heavy atom. The summed E-state index contributed by atoms with van der Waals surface area (Å²) < 4.78 is 0. The SMILES string of the molecule is Cc1cc(C)cc(C(=O)N2CCN(C[C@H](C#N)CCC#N)CC2)c1. The first-order valence-electron chi connectivity index (χ1n) is 8.40. The molecule has 0 bridgehead atoms. The minimum atomic E-state index is -0.105. The molecule has 1 aromatic rings. The summed E-state index contributed by atoms with van der Waals surface area (Å²) in [4.78, 5) is 16.8. The van der Waals surface area contributed by atoms with Gasteiger partial charge in [-0.3, -0.25) is 9.69 Å². The van der Waals surface area contributed by atoms with Crippen molar-refractivity contribution < 1.29 is 4.79 Å². The van der Waals surface area contributed by atoms with Crippen molar-refractivity contribution in [1.82, 2.24) is 9.80 Å². The molecule has 1 saturated heterocycles. The van der Waals surface area contributed by atoms with Gasteiger partial charge >= 0.3 is 0 Å². The fraction of sp³-hybridized carbons (Fsp3) is 0.526. The van der Waals surface area contributed by atoms with Crippen molar-refractivity contribution >= 4 is 5.91 Å². The Kier molecular flexibility index (Phi) is 6.35. The van der Waals surface area contributed by atoms with Gasteiger partial charge in [-0.15, -0.1) is 0 Å². The third kappa shape index (κ3) is 4.81. The predicted molar refractivity (Wildman–Crippen MR) is 92.2 cm³/mol. The van der Waals surface area contributed by atoms with Crippen LogP contribution in [-0.4, -0.2) is 48.4 Å². The Morgan fingerprint density at radius 1 is 1.12 bits per heavy atom. The lowest BCUT2D eigenvalue weighted by atomic mass is 10.0. The van der Waals surface area contributed by atoms with E-state index in [9.17, 15) is 10.1 Å². The lowest BCUT2D eigenvalue weighted by Gasteiger charge is -2.35. The normalized spacial score (nSPS) is 16.2. The van der Waals surface area contributed by atoms with Crippen LogP contribution in [0.25, 0.3) is 0 Å². The Balaban J connectivity index is 1.89. The van der Waals surface area contributed by atoms with Crippen LogP contribution in [0.2, 0.25) is 0 Å². The molecule has 1 fully saturated rings. The van der Waals surface area contributed by atoms with Crippen LogP contribution in [0.4, 0.5) is 0 Å². The summed E-state index contributed by atoms with van der Waals surface area (Å²) in [5, 5.41) is 17.8. The first kappa shape index (κ1) is 18.0. The molecule has 0 aromatic heterocycles. The summed E-state index contributed by atoms with van der Waals surface area (Å²) in [6.07, 6.45) is 1.04. The summed E-state index contributed by atoms with van der Waals surface area (Å²) in [7, 11) is 0. The highest BCUT2D eigenvalue weighted by molar-refractivity contribution is 5.94. The molecule has 1 aliphatic rings. The Bertz CT molecular complexity index is 643. The zero-order valence-electron chi connectivity index (χ0n) is 14.5. The fourth-order valence-electron chi connectivity index (χ4n) is 3.16. The maximum Gasteiger partial charge on any atom is 0.253 e. The largest absolute Gasteiger partial charge is 0.336 e. The second kappa shape index (κ2) is 8.47. The van der Waals surface area contributed by atoms with Crippen molar-refractivity contribution in [1.29, 1.82) is 10.5 Å². The fourth-order valence-corrected chi connectivity index (χ4v) is 3.16. The molecule has 0 spiro atoms. The average molecular weight is 324 g/mol. The van der Waals surface area contributed by atoms with E-state index in [4.69, 9.17) is 5.26 Å². The van der Waals surface area contributed by atoms with Gasteiger partial charge in [0.25, 0.3) is 5.91 Å². The number of carbonyl (C=O) groups excluding carboxylic acids is 1. The van der Waals surface area contributed by atoms with E-state index in [2.05, 4.69) is 23.1 Å².